The van der Waals surface area contributed by atoms with Crippen LogP contribution < -0.4 is 0 Å². The van der Waals surface area contributed by atoms with E-state index in [9.17, 15) is 14.6 Å². The number of benzene rings is 1. The number of aliphatic hydroxyl groups excluding tert-OH is 3. The van der Waals surface area contributed by atoms with Crippen molar-refractivity contribution in [3.05, 3.63) is 45.6 Å². The lowest BCUT2D eigenvalue weighted by Crippen LogP contribution is -2.22. The van der Waals surface area contributed by atoms with Gasteiger partial charge in [0.05, 0.1) is 19.3 Å². The molecular formula is C10H12FN3O3. The zero-order valence-corrected chi connectivity index (χ0v) is 8.86. The fraction of sp³-hybridized carbons (Fsp3) is 0.400. The molecule has 7 heteroatoms. The highest BCUT2D eigenvalue weighted by Crippen LogP contribution is 2.21. The van der Waals surface area contributed by atoms with Crippen LogP contribution in [0.3, 0.4) is 0 Å². The smallest absolute Gasteiger partial charge is 0.129 e. The zero-order chi connectivity index (χ0) is 12.8. The Bertz CT molecular complexity index is 435. The van der Waals surface area contributed by atoms with Crippen LogP contribution in [-0.4, -0.2) is 28.0 Å². The van der Waals surface area contributed by atoms with E-state index in [1.54, 1.807) is 0 Å². The average Bonchev–Trinajstić information content (AvgIpc) is 2.34. The van der Waals surface area contributed by atoms with E-state index in [2.05, 4.69) is 10.0 Å². The first-order chi connectivity index (χ1) is 8.10. The van der Waals surface area contributed by atoms with Crippen molar-refractivity contribution in [1.82, 2.24) is 0 Å². The van der Waals surface area contributed by atoms with Crippen LogP contribution in [0, 0.1) is 5.82 Å². The molecule has 0 amide bonds. The number of rotatable bonds is 5. The van der Waals surface area contributed by atoms with Crippen LogP contribution in [0.2, 0.25) is 0 Å². The van der Waals surface area contributed by atoms with E-state index >= 15 is 0 Å². The van der Waals surface area contributed by atoms with Gasteiger partial charge in [-0.3, -0.25) is 0 Å². The average molecular weight is 241 g/mol. The molecule has 17 heavy (non-hydrogen) atoms. The Labute approximate surface area is 96.6 Å². The predicted molar refractivity (Wildman–Crippen MR) is 57.3 cm³/mol. The minimum absolute atomic E-state index is 0.108. The van der Waals surface area contributed by atoms with Gasteiger partial charge in [-0.25, -0.2) is 4.39 Å². The number of azide groups is 1. The number of hydrogen-bond acceptors (Lipinski definition) is 4. The van der Waals surface area contributed by atoms with Crippen LogP contribution in [-0.2, 0) is 6.61 Å². The van der Waals surface area contributed by atoms with Crippen LogP contribution in [0.5, 0.6) is 0 Å². The third kappa shape index (κ3) is 3.40. The monoisotopic (exact) mass is 241 g/mol. The molecule has 0 bridgehead atoms. The van der Waals surface area contributed by atoms with Gasteiger partial charge in [0.25, 0.3) is 0 Å². The topological polar surface area (TPSA) is 109 Å². The van der Waals surface area contributed by atoms with Crippen molar-refractivity contribution in [2.75, 3.05) is 6.54 Å². The summed E-state index contributed by atoms with van der Waals surface area (Å²) in [5, 5.41) is 30.9. The highest BCUT2D eigenvalue weighted by atomic mass is 19.1. The molecule has 0 aliphatic carbocycles. The van der Waals surface area contributed by atoms with Gasteiger partial charge in [0.15, 0.2) is 0 Å². The highest BCUT2D eigenvalue weighted by molar-refractivity contribution is 5.26. The summed E-state index contributed by atoms with van der Waals surface area (Å²) in [6.45, 7) is -0.659. The summed E-state index contributed by atoms with van der Waals surface area (Å²) in [5.41, 5.74) is 8.31. The SMILES string of the molecule is [N-]=[N+]=NCC(O)C(O)c1ccc(CO)cc1F. The van der Waals surface area contributed by atoms with Crippen molar-refractivity contribution in [3.63, 3.8) is 0 Å². The van der Waals surface area contributed by atoms with Gasteiger partial charge in [-0.1, -0.05) is 17.2 Å². The van der Waals surface area contributed by atoms with E-state index in [0.29, 0.717) is 5.56 Å². The fourth-order valence-electron chi connectivity index (χ4n) is 1.34. The molecule has 2 unspecified atom stereocenters. The molecule has 1 aromatic carbocycles. The van der Waals surface area contributed by atoms with Gasteiger partial charge in [0, 0.05) is 10.5 Å². The summed E-state index contributed by atoms with van der Waals surface area (Å²) < 4.78 is 13.5. The molecule has 0 saturated heterocycles. The lowest BCUT2D eigenvalue weighted by Gasteiger charge is -2.17. The van der Waals surface area contributed by atoms with Gasteiger partial charge in [-0.05, 0) is 17.2 Å². The molecule has 1 rings (SSSR count). The van der Waals surface area contributed by atoms with Gasteiger partial charge >= 0.3 is 0 Å². The van der Waals surface area contributed by atoms with Crippen molar-refractivity contribution < 1.29 is 19.7 Å². The van der Waals surface area contributed by atoms with Crippen molar-refractivity contribution in [3.8, 4) is 0 Å². The third-order valence-electron chi connectivity index (χ3n) is 2.26. The lowest BCUT2D eigenvalue weighted by molar-refractivity contribution is 0.0222. The van der Waals surface area contributed by atoms with Crippen LogP contribution in [0.15, 0.2) is 23.3 Å². The van der Waals surface area contributed by atoms with E-state index in [0.717, 1.165) is 6.07 Å². The molecule has 1 aromatic rings. The van der Waals surface area contributed by atoms with Crippen molar-refractivity contribution in [2.45, 2.75) is 18.8 Å². The van der Waals surface area contributed by atoms with E-state index < -0.39 is 18.0 Å². The molecule has 6 nitrogen and oxygen atoms in total. The minimum Gasteiger partial charge on any atom is -0.392 e. The summed E-state index contributed by atoms with van der Waals surface area (Å²) in [7, 11) is 0. The first-order valence-corrected chi connectivity index (χ1v) is 4.86. The van der Waals surface area contributed by atoms with E-state index in [1.165, 1.54) is 12.1 Å². The standard InChI is InChI=1S/C10H12FN3O3/c11-8-3-6(5-15)1-2-7(8)10(17)9(16)4-13-14-12/h1-3,9-10,15-17H,4-5H2. The highest BCUT2D eigenvalue weighted by Gasteiger charge is 2.20. The third-order valence-corrected chi connectivity index (χ3v) is 2.26. The Hall–Kier alpha value is -1.66. The maximum Gasteiger partial charge on any atom is 0.129 e. The van der Waals surface area contributed by atoms with Crippen LogP contribution >= 0.6 is 0 Å². The number of halogens is 1. The predicted octanol–water partition coefficient (Wildman–Crippen LogP) is 1.02. The number of nitrogens with zero attached hydrogens (tertiary/aromatic N) is 3. The normalized spacial score (nSPS) is 13.9. The van der Waals surface area contributed by atoms with Crippen molar-refractivity contribution >= 4 is 0 Å². The Morgan fingerprint density at radius 3 is 2.65 bits per heavy atom. The lowest BCUT2D eigenvalue weighted by atomic mass is 10.0. The van der Waals surface area contributed by atoms with Gasteiger partial charge < -0.3 is 15.3 Å². The van der Waals surface area contributed by atoms with E-state index in [4.69, 9.17) is 10.6 Å². The maximum absolute atomic E-state index is 13.5. The second-order valence-electron chi connectivity index (χ2n) is 3.44. The number of aliphatic hydroxyl groups is 3. The minimum atomic E-state index is -1.48. The van der Waals surface area contributed by atoms with Gasteiger partial charge in [-0.15, -0.1) is 0 Å². The second kappa shape index (κ2) is 6.17. The first-order valence-electron chi connectivity index (χ1n) is 4.86. The van der Waals surface area contributed by atoms with Crippen LogP contribution in [0.1, 0.15) is 17.2 Å². The summed E-state index contributed by atoms with van der Waals surface area (Å²) in [5.74, 6) is -0.732. The zero-order valence-electron chi connectivity index (χ0n) is 8.86. The molecule has 0 radical (unpaired) electrons. The molecule has 0 heterocycles. The Morgan fingerprint density at radius 1 is 1.41 bits per heavy atom. The molecule has 92 valence electrons. The molecule has 0 aromatic heterocycles. The van der Waals surface area contributed by atoms with Crippen molar-refractivity contribution in [2.24, 2.45) is 5.11 Å². The molecule has 0 fully saturated rings. The molecular weight excluding hydrogens is 229 g/mol. The van der Waals surface area contributed by atoms with Gasteiger partial charge in [0.2, 0.25) is 0 Å². The largest absolute Gasteiger partial charge is 0.392 e. The quantitative estimate of drug-likeness (QED) is 0.406. The summed E-state index contributed by atoms with van der Waals surface area (Å²) in [6, 6.07) is 3.77. The molecule has 0 spiro atoms. The summed E-state index contributed by atoms with van der Waals surface area (Å²) in [6.07, 6.45) is -2.85. The molecule has 0 aliphatic heterocycles. The van der Waals surface area contributed by atoms with Gasteiger partial charge in [0.1, 0.15) is 11.9 Å². The van der Waals surface area contributed by atoms with Crippen molar-refractivity contribution in [1.29, 1.82) is 0 Å². The second-order valence-corrected chi connectivity index (χ2v) is 3.44. The fourth-order valence-corrected chi connectivity index (χ4v) is 1.34. The van der Waals surface area contributed by atoms with Crippen LogP contribution in [0.4, 0.5) is 4.39 Å². The Morgan fingerprint density at radius 2 is 2.12 bits per heavy atom. The number of hydrogen-bond donors (Lipinski definition) is 3. The molecule has 3 N–H and O–H groups in total. The van der Waals surface area contributed by atoms with E-state index in [-0.39, 0.29) is 18.7 Å². The van der Waals surface area contributed by atoms with Gasteiger partial charge in [-0.2, -0.15) is 0 Å². The molecule has 2 atom stereocenters. The molecule has 0 aliphatic rings. The summed E-state index contributed by atoms with van der Waals surface area (Å²) >= 11 is 0. The van der Waals surface area contributed by atoms with Crippen LogP contribution in [0.25, 0.3) is 10.4 Å². The Kier molecular flexibility index (Phi) is 4.86. The van der Waals surface area contributed by atoms with E-state index in [1.807, 2.05) is 0 Å². The maximum atomic E-state index is 13.5. The molecule has 0 saturated carbocycles. The Balaban J connectivity index is 2.88. The first kappa shape index (κ1) is 13.4. The summed E-state index contributed by atoms with van der Waals surface area (Å²) in [4.78, 5) is 2.43.